The smallest absolute Gasteiger partial charge is 0.265 e. The first-order valence-electron chi connectivity index (χ1n) is 6.61. The van der Waals surface area contributed by atoms with Gasteiger partial charge in [-0.05, 0) is 18.6 Å². The number of nitrogens with one attached hydrogen (secondary N) is 2. The molecule has 6 nitrogen and oxygen atoms in total. The number of aromatic nitrogens is 1. The number of para-hydroxylation sites is 1. The Hall–Kier alpha value is -2.28. The maximum atomic E-state index is 11.9. The molecule has 0 saturated carbocycles. The molecule has 0 bridgehead atoms. The number of ether oxygens (including phenoxy) is 1. The topological polar surface area (TPSA) is 89.3 Å². The lowest BCUT2D eigenvalue weighted by Gasteiger charge is -2.06. The zero-order chi connectivity index (χ0) is 15.1. The van der Waals surface area contributed by atoms with Gasteiger partial charge in [-0.25, -0.2) is 4.98 Å². The second-order valence-electron chi connectivity index (χ2n) is 4.25. The molecular weight excluding hydrogens is 288 g/mol. The van der Waals surface area contributed by atoms with E-state index >= 15 is 0 Å². The van der Waals surface area contributed by atoms with Crippen LogP contribution in [0.3, 0.4) is 0 Å². The number of nitrogens with two attached hydrogens (primary N) is 1. The van der Waals surface area contributed by atoms with Gasteiger partial charge in [0.2, 0.25) is 0 Å². The van der Waals surface area contributed by atoms with Crippen molar-refractivity contribution < 1.29 is 9.53 Å². The minimum atomic E-state index is -0.203. The Labute approximate surface area is 127 Å². The van der Waals surface area contributed by atoms with Crippen molar-refractivity contribution in [1.82, 2.24) is 10.3 Å². The summed E-state index contributed by atoms with van der Waals surface area (Å²) < 4.78 is 5.54. The van der Waals surface area contributed by atoms with Gasteiger partial charge < -0.3 is 21.1 Å². The number of carbonyl (C=O) groups is 1. The quantitative estimate of drug-likeness (QED) is 0.681. The summed E-state index contributed by atoms with van der Waals surface area (Å²) >= 11 is 1.24. The maximum Gasteiger partial charge on any atom is 0.265 e. The predicted octanol–water partition coefficient (Wildman–Crippen LogP) is 1.97. The lowest BCUT2D eigenvalue weighted by Crippen LogP contribution is -2.25. The van der Waals surface area contributed by atoms with Gasteiger partial charge >= 0.3 is 0 Å². The van der Waals surface area contributed by atoms with Gasteiger partial charge in [0.15, 0.2) is 5.13 Å². The number of hydrogen-bond acceptors (Lipinski definition) is 6. The predicted molar refractivity (Wildman–Crippen MR) is 85.0 cm³/mol. The molecule has 4 N–H and O–H groups in total. The third kappa shape index (κ3) is 4.35. The summed E-state index contributed by atoms with van der Waals surface area (Å²) in [7, 11) is 1.74. The Morgan fingerprint density at radius 1 is 1.38 bits per heavy atom. The highest BCUT2D eigenvalue weighted by molar-refractivity contribution is 7.18. The molecule has 112 valence electrons. The number of rotatable bonds is 7. The van der Waals surface area contributed by atoms with Gasteiger partial charge in [0.05, 0.1) is 6.61 Å². The average Bonchev–Trinajstić information content (AvgIpc) is 2.89. The molecule has 7 heteroatoms. The van der Waals surface area contributed by atoms with Gasteiger partial charge in [-0.1, -0.05) is 29.5 Å². The van der Waals surface area contributed by atoms with Crippen LogP contribution >= 0.6 is 11.3 Å². The van der Waals surface area contributed by atoms with Crippen molar-refractivity contribution in [3.05, 3.63) is 35.2 Å². The van der Waals surface area contributed by atoms with Crippen LogP contribution < -0.4 is 21.1 Å². The summed E-state index contributed by atoms with van der Waals surface area (Å²) in [5, 5.41) is 6.30. The van der Waals surface area contributed by atoms with Crippen LogP contribution in [0, 0.1) is 0 Å². The summed E-state index contributed by atoms with van der Waals surface area (Å²) in [5.41, 5.74) is 5.70. The Kier molecular flexibility index (Phi) is 5.39. The van der Waals surface area contributed by atoms with E-state index in [0.717, 1.165) is 12.2 Å². The molecule has 0 aliphatic carbocycles. The van der Waals surface area contributed by atoms with Gasteiger partial charge in [-0.15, -0.1) is 0 Å². The average molecular weight is 306 g/mol. The number of carbonyl (C=O) groups excluding carboxylic acids is 1. The van der Waals surface area contributed by atoms with Crippen molar-refractivity contribution in [3.63, 3.8) is 0 Å². The molecule has 1 aromatic carbocycles. The number of anilines is 2. The lowest BCUT2D eigenvalue weighted by molar-refractivity contribution is 0.0956. The second kappa shape index (κ2) is 7.49. The standard InChI is InChI=1S/C14H18N4O2S/c1-16-14-18-12(15)11(21-14)13(19)17-8-5-9-20-10-6-3-2-4-7-10/h2-4,6-7H,5,8-9,15H2,1H3,(H,16,18)(H,17,19). The Morgan fingerprint density at radius 3 is 2.81 bits per heavy atom. The van der Waals surface area contributed by atoms with Crippen molar-refractivity contribution >= 4 is 28.2 Å². The van der Waals surface area contributed by atoms with E-state index in [4.69, 9.17) is 10.5 Å². The van der Waals surface area contributed by atoms with Crippen LogP contribution in [0.5, 0.6) is 5.75 Å². The summed E-state index contributed by atoms with van der Waals surface area (Å²) in [5.74, 6) is 0.878. The minimum Gasteiger partial charge on any atom is -0.494 e. The monoisotopic (exact) mass is 306 g/mol. The van der Waals surface area contributed by atoms with E-state index in [1.54, 1.807) is 7.05 Å². The molecule has 1 heterocycles. The van der Waals surface area contributed by atoms with Crippen molar-refractivity contribution in [1.29, 1.82) is 0 Å². The second-order valence-corrected chi connectivity index (χ2v) is 5.25. The summed E-state index contributed by atoms with van der Waals surface area (Å²) in [4.78, 5) is 16.4. The molecule has 0 fully saturated rings. The third-order valence-corrected chi connectivity index (χ3v) is 3.78. The number of nitrogens with zero attached hydrogens (tertiary/aromatic N) is 1. The lowest BCUT2D eigenvalue weighted by atomic mass is 10.3. The van der Waals surface area contributed by atoms with E-state index in [1.807, 2.05) is 30.3 Å². The summed E-state index contributed by atoms with van der Waals surface area (Å²) in [6.07, 6.45) is 0.720. The fraction of sp³-hybridized carbons (Fsp3) is 0.286. The van der Waals surface area contributed by atoms with Gasteiger partial charge in [-0.2, -0.15) is 0 Å². The number of nitrogen functional groups attached to an aromatic ring is 1. The molecule has 0 saturated heterocycles. The Morgan fingerprint density at radius 2 is 2.14 bits per heavy atom. The first-order chi connectivity index (χ1) is 10.2. The molecule has 1 amide bonds. The third-order valence-electron chi connectivity index (χ3n) is 2.69. The van der Waals surface area contributed by atoms with Crippen LogP contribution in [0.15, 0.2) is 30.3 Å². The molecule has 0 atom stereocenters. The molecule has 1 aromatic heterocycles. The van der Waals surface area contributed by atoms with Gasteiger partial charge in [0, 0.05) is 13.6 Å². The zero-order valence-electron chi connectivity index (χ0n) is 11.8. The van der Waals surface area contributed by atoms with Crippen LogP contribution in [-0.4, -0.2) is 31.1 Å². The fourth-order valence-corrected chi connectivity index (χ4v) is 2.42. The molecule has 0 aliphatic rings. The van der Waals surface area contributed by atoms with Crippen LogP contribution in [0.4, 0.5) is 10.9 Å². The first kappa shape index (κ1) is 15.1. The number of thiazole rings is 1. The van der Waals surface area contributed by atoms with Crippen molar-refractivity contribution in [2.45, 2.75) is 6.42 Å². The zero-order valence-corrected chi connectivity index (χ0v) is 12.6. The van der Waals surface area contributed by atoms with Crippen LogP contribution in [0.2, 0.25) is 0 Å². The Bertz CT molecular complexity index is 586. The SMILES string of the molecule is CNc1nc(N)c(C(=O)NCCCOc2ccccc2)s1. The molecule has 0 unspecified atom stereocenters. The molecule has 21 heavy (non-hydrogen) atoms. The fourth-order valence-electron chi connectivity index (χ4n) is 1.66. The molecule has 0 radical (unpaired) electrons. The van der Waals surface area contributed by atoms with E-state index in [1.165, 1.54) is 11.3 Å². The van der Waals surface area contributed by atoms with Gasteiger partial charge in [0.25, 0.3) is 5.91 Å². The molecule has 2 rings (SSSR count). The van der Waals surface area contributed by atoms with Crippen LogP contribution in [0.1, 0.15) is 16.1 Å². The maximum absolute atomic E-state index is 11.9. The summed E-state index contributed by atoms with van der Waals surface area (Å²) in [6.45, 7) is 1.07. The van der Waals surface area contributed by atoms with Gasteiger partial charge in [0.1, 0.15) is 16.4 Å². The number of amides is 1. The molecule has 0 spiro atoms. The van der Waals surface area contributed by atoms with E-state index < -0.39 is 0 Å². The van der Waals surface area contributed by atoms with Crippen molar-refractivity contribution in [2.24, 2.45) is 0 Å². The Balaban J connectivity index is 1.71. The van der Waals surface area contributed by atoms with E-state index in [0.29, 0.717) is 23.2 Å². The van der Waals surface area contributed by atoms with Crippen molar-refractivity contribution in [2.75, 3.05) is 31.2 Å². The molecule has 2 aromatic rings. The number of benzene rings is 1. The highest BCUT2D eigenvalue weighted by Crippen LogP contribution is 2.24. The normalized spacial score (nSPS) is 10.1. The molecule has 0 aliphatic heterocycles. The highest BCUT2D eigenvalue weighted by Gasteiger charge is 2.14. The summed E-state index contributed by atoms with van der Waals surface area (Å²) in [6, 6.07) is 9.57. The van der Waals surface area contributed by atoms with Crippen molar-refractivity contribution in [3.8, 4) is 5.75 Å². The number of hydrogen-bond donors (Lipinski definition) is 3. The molecular formula is C14H18N4O2S. The van der Waals surface area contributed by atoms with E-state index in [-0.39, 0.29) is 11.7 Å². The van der Waals surface area contributed by atoms with E-state index in [2.05, 4.69) is 15.6 Å². The van der Waals surface area contributed by atoms with Gasteiger partial charge in [-0.3, -0.25) is 4.79 Å². The van der Waals surface area contributed by atoms with Crippen LogP contribution in [-0.2, 0) is 0 Å². The highest BCUT2D eigenvalue weighted by atomic mass is 32.1. The first-order valence-corrected chi connectivity index (χ1v) is 7.42. The largest absolute Gasteiger partial charge is 0.494 e. The van der Waals surface area contributed by atoms with E-state index in [9.17, 15) is 4.79 Å². The minimum absolute atomic E-state index is 0.203. The van der Waals surface area contributed by atoms with Crippen LogP contribution in [0.25, 0.3) is 0 Å².